The lowest BCUT2D eigenvalue weighted by atomic mass is 9.87. The number of hydrogen-bond acceptors (Lipinski definition) is 2. The molecule has 100 valence electrons. The average molecular weight is 247 g/mol. The predicted molar refractivity (Wildman–Crippen MR) is 75.6 cm³/mol. The third-order valence-electron chi connectivity index (χ3n) is 3.72. The van der Waals surface area contributed by atoms with E-state index in [1.807, 2.05) is 6.07 Å². The van der Waals surface area contributed by atoms with Gasteiger partial charge in [0.15, 0.2) is 0 Å². The van der Waals surface area contributed by atoms with E-state index in [1.165, 1.54) is 12.0 Å². The summed E-state index contributed by atoms with van der Waals surface area (Å²) in [5.41, 5.74) is 1.77. The largest absolute Gasteiger partial charge is 0.384 e. The van der Waals surface area contributed by atoms with Crippen molar-refractivity contribution in [2.75, 3.05) is 6.54 Å². The van der Waals surface area contributed by atoms with Crippen molar-refractivity contribution >= 4 is 0 Å². The van der Waals surface area contributed by atoms with Gasteiger partial charge in [0.05, 0.1) is 0 Å². The second-order valence-electron chi connectivity index (χ2n) is 6.50. The minimum absolute atomic E-state index is 0.0387. The first-order valence-electron chi connectivity index (χ1n) is 6.97. The SMILES string of the molecule is CC(C)(C)NCC1(O)CCCCc2ccccc21. The zero-order valence-corrected chi connectivity index (χ0v) is 11.8. The second-order valence-corrected chi connectivity index (χ2v) is 6.50. The summed E-state index contributed by atoms with van der Waals surface area (Å²) >= 11 is 0. The van der Waals surface area contributed by atoms with Gasteiger partial charge in [-0.2, -0.15) is 0 Å². The molecule has 1 unspecified atom stereocenters. The van der Waals surface area contributed by atoms with E-state index in [9.17, 15) is 5.11 Å². The molecule has 0 heterocycles. The Morgan fingerprint density at radius 3 is 2.67 bits per heavy atom. The Kier molecular flexibility index (Phi) is 3.79. The number of aliphatic hydroxyl groups is 1. The maximum absolute atomic E-state index is 11.0. The topological polar surface area (TPSA) is 32.3 Å². The van der Waals surface area contributed by atoms with Gasteiger partial charge in [0, 0.05) is 12.1 Å². The second kappa shape index (κ2) is 5.02. The van der Waals surface area contributed by atoms with E-state index in [-0.39, 0.29) is 5.54 Å². The van der Waals surface area contributed by atoms with Crippen LogP contribution in [0.25, 0.3) is 0 Å². The number of aryl methyl sites for hydroxylation is 1. The van der Waals surface area contributed by atoms with Crippen molar-refractivity contribution in [1.29, 1.82) is 0 Å². The van der Waals surface area contributed by atoms with Crippen molar-refractivity contribution in [1.82, 2.24) is 5.32 Å². The Bertz CT molecular complexity index is 408. The van der Waals surface area contributed by atoms with E-state index < -0.39 is 5.60 Å². The monoisotopic (exact) mass is 247 g/mol. The molecule has 1 aromatic carbocycles. The number of β-amino-alcohol motifs (C(OH)–C–C–N with tert-alkyl or cyclic N) is 1. The first-order valence-corrected chi connectivity index (χ1v) is 6.97. The van der Waals surface area contributed by atoms with Crippen molar-refractivity contribution < 1.29 is 5.11 Å². The van der Waals surface area contributed by atoms with Gasteiger partial charge in [-0.15, -0.1) is 0 Å². The van der Waals surface area contributed by atoms with Gasteiger partial charge in [-0.1, -0.05) is 24.3 Å². The Balaban J connectivity index is 2.25. The van der Waals surface area contributed by atoms with Crippen LogP contribution in [-0.4, -0.2) is 17.2 Å². The summed E-state index contributed by atoms with van der Waals surface area (Å²) in [6, 6.07) is 8.35. The first kappa shape index (κ1) is 13.6. The van der Waals surface area contributed by atoms with Crippen LogP contribution < -0.4 is 5.32 Å². The van der Waals surface area contributed by atoms with Crippen molar-refractivity contribution in [3.63, 3.8) is 0 Å². The molecular formula is C16H25NO. The van der Waals surface area contributed by atoms with Gasteiger partial charge < -0.3 is 10.4 Å². The van der Waals surface area contributed by atoms with E-state index in [1.54, 1.807) is 0 Å². The summed E-state index contributed by atoms with van der Waals surface area (Å²) in [5.74, 6) is 0. The average Bonchev–Trinajstić information content (AvgIpc) is 2.47. The van der Waals surface area contributed by atoms with Crippen LogP contribution in [0.4, 0.5) is 0 Å². The molecule has 0 amide bonds. The standard InChI is InChI=1S/C16H25NO/c1-15(2,3)17-12-16(18)11-7-6-9-13-8-4-5-10-14(13)16/h4-5,8,10,17-18H,6-7,9,11-12H2,1-3H3. The minimum Gasteiger partial charge on any atom is -0.384 e. The molecule has 0 radical (unpaired) electrons. The summed E-state index contributed by atoms with van der Waals surface area (Å²) in [6.07, 6.45) is 4.22. The van der Waals surface area contributed by atoms with Crippen LogP contribution in [-0.2, 0) is 12.0 Å². The quantitative estimate of drug-likeness (QED) is 0.787. The molecule has 0 aromatic heterocycles. The highest BCUT2D eigenvalue weighted by atomic mass is 16.3. The Labute approximate surface area is 110 Å². The van der Waals surface area contributed by atoms with Gasteiger partial charge in [-0.25, -0.2) is 0 Å². The molecule has 1 atom stereocenters. The Hall–Kier alpha value is -0.860. The maximum Gasteiger partial charge on any atom is 0.102 e. The molecule has 0 saturated heterocycles. The lowest BCUT2D eigenvalue weighted by Crippen LogP contribution is -2.46. The summed E-state index contributed by atoms with van der Waals surface area (Å²) in [6.45, 7) is 7.05. The van der Waals surface area contributed by atoms with E-state index in [0.29, 0.717) is 6.54 Å². The van der Waals surface area contributed by atoms with Crippen molar-refractivity contribution in [2.45, 2.75) is 57.6 Å². The van der Waals surface area contributed by atoms with Crippen LogP contribution >= 0.6 is 0 Å². The maximum atomic E-state index is 11.0. The van der Waals surface area contributed by atoms with Crippen LogP contribution in [0.2, 0.25) is 0 Å². The number of benzene rings is 1. The van der Waals surface area contributed by atoms with Crippen molar-refractivity contribution in [3.8, 4) is 0 Å². The molecule has 2 nitrogen and oxygen atoms in total. The minimum atomic E-state index is -0.708. The van der Waals surface area contributed by atoms with Crippen LogP contribution in [0.5, 0.6) is 0 Å². The van der Waals surface area contributed by atoms with E-state index in [4.69, 9.17) is 0 Å². The summed E-state index contributed by atoms with van der Waals surface area (Å²) in [7, 11) is 0. The highest BCUT2D eigenvalue weighted by Gasteiger charge is 2.33. The molecular weight excluding hydrogens is 222 g/mol. The number of rotatable bonds is 2. The molecule has 1 aromatic rings. The third kappa shape index (κ3) is 3.12. The molecule has 0 bridgehead atoms. The highest BCUT2D eigenvalue weighted by molar-refractivity contribution is 5.34. The lowest BCUT2D eigenvalue weighted by molar-refractivity contribution is 0.0214. The van der Waals surface area contributed by atoms with Crippen molar-refractivity contribution in [2.24, 2.45) is 0 Å². The van der Waals surface area contributed by atoms with Gasteiger partial charge in [-0.05, 0) is 57.6 Å². The predicted octanol–water partition coefficient (Wildman–Crippen LogP) is 2.99. The zero-order chi connectivity index (χ0) is 13.2. The molecule has 1 aliphatic carbocycles. The van der Waals surface area contributed by atoms with E-state index in [0.717, 1.165) is 24.8 Å². The van der Waals surface area contributed by atoms with Gasteiger partial charge >= 0.3 is 0 Å². The fraction of sp³-hybridized carbons (Fsp3) is 0.625. The molecule has 0 saturated carbocycles. The first-order chi connectivity index (χ1) is 8.41. The van der Waals surface area contributed by atoms with Crippen molar-refractivity contribution in [3.05, 3.63) is 35.4 Å². The molecule has 0 spiro atoms. The Morgan fingerprint density at radius 2 is 1.94 bits per heavy atom. The normalized spacial score (nSPS) is 24.4. The number of hydrogen-bond donors (Lipinski definition) is 2. The summed E-state index contributed by atoms with van der Waals surface area (Å²) in [4.78, 5) is 0. The number of nitrogens with one attached hydrogen (secondary N) is 1. The Morgan fingerprint density at radius 1 is 1.22 bits per heavy atom. The molecule has 2 rings (SSSR count). The van der Waals surface area contributed by atoms with Gasteiger partial charge in [-0.3, -0.25) is 0 Å². The van der Waals surface area contributed by atoms with E-state index >= 15 is 0 Å². The zero-order valence-electron chi connectivity index (χ0n) is 11.8. The fourth-order valence-electron chi connectivity index (χ4n) is 2.65. The molecule has 0 fully saturated rings. The number of fused-ring (bicyclic) bond motifs is 1. The van der Waals surface area contributed by atoms with Gasteiger partial charge in [0.2, 0.25) is 0 Å². The van der Waals surface area contributed by atoms with Crippen LogP contribution in [0, 0.1) is 0 Å². The molecule has 0 aliphatic heterocycles. The lowest BCUT2D eigenvalue weighted by Gasteiger charge is -2.33. The highest BCUT2D eigenvalue weighted by Crippen LogP contribution is 2.33. The molecule has 1 aliphatic rings. The molecule has 2 heteroatoms. The van der Waals surface area contributed by atoms with Crippen LogP contribution in [0.15, 0.2) is 24.3 Å². The van der Waals surface area contributed by atoms with Crippen LogP contribution in [0.3, 0.4) is 0 Å². The van der Waals surface area contributed by atoms with E-state index in [2.05, 4.69) is 44.3 Å². The smallest absolute Gasteiger partial charge is 0.102 e. The fourth-order valence-corrected chi connectivity index (χ4v) is 2.65. The summed E-state index contributed by atoms with van der Waals surface area (Å²) < 4.78 is 0. The van der Waals surface area contributed by atoms with Gasteiger partial charge in [0.25, 0.3) is 0 Å². The third-order valence-corrected chi connectivity index (χ3v) is 3.72. The van der Waals surface area contributed by atoms with Gasteiger partial charge in [0.1, 0.15) is 5.60 Å². The summed E-state index contributed by atoms with van der Waals surface area (Å²) in [5, 5.41) is 14.5. The van der Waals surface area contributed by atoms with Crippen LogP contribution in [0.1, 0.15) is 51.2 Å². The molecule has 18 heavy (non-hydrogen) atoms. The molecule has 2 N–H and O–H groups in total.